The minimum absolute atomic E-state index is 0.399. The summed E-state index contributed by atoms with van der Waals surface area (Å²) < 4.78 is 10.7. The van der Waals surface area contributed by atoms with Crippen molar-refractivity contribution in [2.24, 2.45) is 0 Å². The van der Waals surface area contributed by atoms with E-state index in [1.165, 1.54) is 0 Å². The smallest absolute Gasteiger partial charge is 0.103 e. The molecule has 0 aromatic rings. The van der Waals surface area contributed by atoms with Gasteiger partial charge in [-0.15, -0.1) is 0 Å². The highest BCUT2D eigenvalue weighted by molar-refractivity contribution is 5.02. The van der Waals surface area contributed by atoms with Crippen molar-refractivity contribution in [3.05, 3.63) is 0 Å². The fourth-order valence-electron chi connectivity index (χ4n) is 1.39. The molecule has 0 aliphatic heterocycles. The van der Waals surface area contributed by atoms with Crippen LogP contribution in [0.25, 0.3) is 0 Å². The summed E-state index contributed by atoms with van der Waals surface area (Å²) in [5.41, 5.74) is -0.399. The van der Waals surface area contributed by atoms with Crippen molar-refractivity contribution in [1.29, 1.82) is 5.26 Å². The number of rotatable bonds is 11. The highest BCUT2D eigenvalue weighted by Crippen LogP contribution is 2.11. The third-order valence-electron chi connectivity index (χ3n) is 2.73. The van der Waals surface area contributed by atoms with Crippen LogP contribution >= 0.6 is 0 Å². The van der Waals surface area contributed by atoms with Crippen molar-refractivity contribution < 1.29 is 9.47 Å². The first-order valence-electron chi connectivity index (χ1n) is 6.44. The van der Waals surface area contributed by atoms with Gasteiger partial charge in [-0.25, -0.2) is 0 Å². The Morgan fingerprint density at radius 1 is 1.12 bits per heavy atom. The van der Waals surface area contributed by atoms with Gasteiger partial charge in [-0.3, -0.25) is 0 Å². The quantitative estimate of drug-likeness (QED) is 0.564. The Morgan fingerprint density at radius 3 is 2.29 bits per heavy atom. The van der Waals surface area contributed by atoms with Gasteiger partial charge in [0, 0.05) is 13.2 Å². The zero-order valence-corrected chi connectivity index (χ0v) is 11.4. The molecule has 0 fully saturated rings. The molecule has 4 nitrogen and oxygen atoms in total. The molecular weight excluding hydrogens is 216 g/mol. The van der Waals surface area contributed by atoms with Gasteiger partial charge in [-0.2, -0.15) is 5.26 Å². The van der Waals surface area contributed by atoms with Gasteiger partial charge in [0.2, 0.25) is 0 Å². The molecule has 17 heavy (non-hydrogen) atoms. The number of nitriles is 1. The first-order valence-corrected chi connectivity index (χ1v) is 6.44. The van der Waals surface area contributed by atoms with E-state index >= 15 is 0 Å². The van der Waals surface area contributed by atoms with Crippen LogP contribution in [0.4, 0.5) is 0 Å². The van der Waals surface area contributed by atoms with Gasteiger partial charge in [0.1, 0.15) is 5.54 Å². The summed E-state index contributed by atoms with van der Waals surface area (Å²) in [5, 5.41) is 12.0. The topological polar surface area (TPSA) is 54.3 Å². The summed E-state index contributed by atoms with van der Waals surface area (Å²) in [7, 11) is 1.82. The van der Waals surface area contributed by atoms with Crippen molar-refractivity contribution in [1.82, 2.24) is 5.32 Å². The normalized spacial score (nSPS) is 14.2. The molecule has 0 bridgehead atoms. The Morgan fingerprint density at radius 2 is 1.76 bits per heavy atom. The number of unbranched alkanes of at least 4 members (excludes halogenated alkanes) is 1. The number of nitrogens with one attached hydrogen (secondary N) is 1. The zero-order valence-electron chi connectivity index (χ0n) is 11.4. The predicted octanol–water partition coefficient (Wildman–Crippen LogP) is 2.10. The summed E-state index contributed by atoms with van der Waals surface area (Å²) in [6.45, 7) is 6.93. The van der Waals surface area contributed by atoms with Gasteiger partial charge >= 0.3 is 0 Å². The Labute approximate surface area is 105 Å². The van der Waals surface area contributed by atoms with Crippen LogP contribution < -0.4 is 5.32 Å². The van der Waals surface area contributed by atoms with Crippen molar-refractivity contribution in [2.75, 3.05) is 33.5 Å². The molecule has 0 saturated carbocycles. The van der Waals surface area contributed by atoms with Crippen LogP contribution in [0, 0.1) is 11.3 Å². The predicted molar refractivity (Wildman–Crippen MR) is 68.9 cm³/mol. The maximum Gasteiger partial charge on any atom is 0.103 e. The monoisotopic (exact) mass is 242 g/mol. The minimum Gasteiger partial charge on any atom is -0.379 e. The largest absolute Gasteiger partial charge is 0.379 e. The number of hydrogen-bond acceptors (Lipinski definition) is 4. The van der Waals surface area contributed by atoms with Crippen molar-refractivity contribution in [2.45, 2.75) is 45.1 Å². The van der Waals surface area contributed by atoms with E-state index in [9.17, 15) is 0 Å². The Bertz CT molecular complexity index is 216. The average Bonchev–Trinajstić information content (AvgIpc) is 2.36. The molecule has 0 saturated heterocycles. The standard InChI is InChI=1S/C13H26N2O2/c1-4-8-16-10-11-17-9-6-5-7-13(2,12-14)15-3/h15H,4-11H2,1-3H3. The number of hydrogen-bond donors (Lipinski definition) is 1. The van der Waals surface area contributed by atoms with Crippen molar-refractivity contribution in [3.63, 3.8) is 0 Å². The van der Waals surface area contributed by atoms with Crippen LogP contribution in [-0.4, -0.2) is 39.0 Å². The lowest BCUT2D eigenvalue weighted by atomic mass is 9.97. The molecule has 0 aromatic heterocycles. The highest BCUT2D eigenvalue weighted by Gasteiger charge is 2.19. The maximum absolute atomic E-state index is 8.95. The molecule has 1 unspecified atom stereocenters. The van der Waals surface area contributed by atoms with Gasteiger partial charge in [0.05, 0.1) is 19.3 Å². The summed E-state index contributed by atoms with van der Waals surface area (Å²) in [5.74, 6) is 0. The van der Waals surface area contributed by atoms with Crippen LogP contribution in [-0.2, 0) is 9.47 Å². The molecule has 0 heterocycles. The van der Waals surface area contributed by atoms with E-state index < -0.39 is 5.54 Å². The number of nitrogens with zero attached hydrogens (tertiary/aromatic N) is 1. The van der Waals surface area contributed by atoms with Gasteiger partial charge in [-0.1, -0.05) is 6.92 Å². The Balaban J connectivity index is 3.27. The van der Waals surface area contributed by atoms with E-state index in [-0.39, 0.29) is 0 Å². The fraction of sp³-hybridized carbons (Fsp3) is 0.923. The van der Waals surface area contributed by atoms with E-state index in [1.807, 2.05) is 14.0 Å². The van der Waals surface area contributed by atoms with E-state index in [0.717, 1.165) is 38.9 Å². The molecule has 4 heteroatoms. The van der Waals surface area contributed by atoms with Crippen LogP contribution in [0.2, 0.25) is 0 Å². The van der Waals surface area contributed by atoms with Crippen LogP contribution in [0.1, 0.15) is 39.5 Å². The summed E-state index contributed by atoms with van der Waals surface area (Å²) >= 11 is 0. The summed E-state index contributed by atoms with van der Waals surface area (Å²) in [4.78, 5) is 0. The van der Waals surface area contributed by atoms with Gasteiger partial charge in [-0.05, 0) is 39.7 Å². The lowest BCUT2D eigenvalue weighted by Crippen LogP contribution is -2.37. The molecule has 0 aliphatic carbocycles. The van der Waals surface area contributed by atoms with Gasteiger partial charge < -0.3 is 14.8 Å². The van der Waals surface area contributed by atoms with Crippen LogP contribution in [0.5, 0.6) is 0 Å². The van der Waals surface area contributed by atoms with Gasteiger partial charge in [0.25, 0.3) is 0 Å². The molecule has 1 atom stereocenters. The third-order valence-corrected chi connectivity index (χ3v) is 2.73. The SMILES string of the molecule is CCCOCCOCCCCC(C)(C#N)NC. The lowest BCUT2D eigenvalue weighted by Gasteiger charge is -2.20. The molecule has 0 aromatic carbocycles. The molecule has 0 spiro atoms. The van der Waals surface area contributed by atoms with E-state index in [4.69, 9.17) is 14.7 Å². The second-order valence-corrected chi connectivity index (χ2v) is 4.38. The van der Waals surface area contributed by atoms with E-state index in [1.54, 1.807) is 0 Å². The zero-order chi connectivity index (χ0) is 13.0. The minimum atomic E-state index is -0.399. The molecule has 100 valence electrons. The van der Waals surface area contributed by atoms with Crippen molar-refractivity contribution in [3.8, 4) is 6.07 Å². The lowest BCUT2D eigenvalue weighted by molar-refractivity contribution is 0.0463. The summed E-state index contributed by atoms with van der Waals surface area (Å²) in [6.07, 6.45) is 3.90. The first-order chi connectivity index (χ1) is 8.18. The van der Waals surface area contributed by atoms with Gasteiger partial charge in [0.15, 0.2) is 0 Å². The second kappa shape index (κ2) is 10.5. The summed E-state index contributed by atoms with van der Waals surface area (Å²) in [6, 6.07) is 2.28. The highest BCUT2D eigenvalue weighted by atomic mass is 16.5. The fourth-order valence-corrected chi connectivity index (χ4v) is 1.39. The second-order valence-electron chi connectivity index (χ2n) is 4.38. The average molecular weight is 242 g/mol. The Hall–Kier alpha value is -0.630. The van der Waals surface area contributed by atoms with Crippen LogP contribution in [0.3, 0.4) is 0 Å². The molecule has 1 N–H and O–H groups in total. The molecule has 0 radical (unpaired) electrons. The van der Waals surface area contributed by atoms with E-state index in [0.29, 0.717) is 13.2 Å². The number of ether oxygens (including phenoxy) is 2. The molecule has 0 aliphatic rings. The Kier molecular flexibility index (Phi) is 10.1. The third kappa shape index (κ3) is 9.11. The molecule has 0 rings (SSSR count). The molecule has 0 amide bonds. The van der Waals surface area contributed by atoms with Crippen LogP contribution in [0.15, 0.2) is 0 Å². The van der Waals surface area contributed by atoms with Crippen molar-refractivity contribution >= 4 is 0 Å². The van der Waals surface area contributed by atoms with E-state index in [2.05, 4.69) is 18.3 Å². The maximum atomic E-state index is 8.95. The molecular formula is C13H26N2O2. The first kappa shape index (κ1) is 16.4.